The monoisotopic (exact) mass is 256 g/mol. The molecule has 0 bridgehead atoms. The van der Waals surface area contributed by atoms with Crippen molar-refractivity contribution in [1.29, 1.82) is 0 Å². The molecule has 0 aliphatic rings. The Labute approximate surface area is 109 Å². The molecule has 2 N–H and O–H groups in total. The number of benzene rings is 1. The molecule has 2 aromatic rings. The summed E-state index contributed by atoms with van der Waals surface area (Å²) in [6.45, 7) is 1.93. The first-order valence-electron chi connectivity index (χ1n) is 5.63. The summed E-state index contributed by atoms with van der Waals surface area (Å²) >= 11 is 0. The van der Waals surface area contributed by atoms with Crippen LogP contribution in [0.1, 0.15) is 26.3 Å². The van der Waals surface area contributed by atoms with Crippen molar-refractivity contribution in [1.82, 2.24) is 4.98 Å². The van der Waals surface area contributed by atoms with Crippen molar-refractivity contribution in [2.45, 2.75) is 6.92 Å². The van der Waals surface area contributed by atoms with Crippen LogP contribution in [0.15, 0.2) is 42.6 Å². The standard InChI is InChI=1S/C14H12N2O3/c1-9-2-4-10(5-3-9)13(17)16-12-8-11(14(18)19)6-7-15-12/h2-8H,1H3,(H,18,19)(H,15,16,17). The van der Waals surface area contributed by atoms with Gasteiger partial charge in [-0.05, 0) is 31.2 Å². The van der Waals surface area contributed by atoms with Gasteiger partial charge in [-0.2, -0.15) is 0 Å². The van der Waals surface area contributed by atoms with Crippen molar-refractivity contribution in [2.75, 3.05) is 5.32 Å². The highest BCUT2D eigenvalue weighted by molar-refractivity contribution is 6.04. The molecule has 0 unspecified atom stereocenters. The number of hydrogen-bond acceptors (Lipinski definition) is 3. The largest absolute Gasteiger partial charge is 0.478 e. The normalized spacial score (nSPS) is 9.95. The number of aromatic carboxylic acids is 1. The lowest BCUT2D eigenvalue weighted by Gasteiger charge is -2.05. The number of amides is 1. The predicted molar refractivity (Wildman–Crippen MR) is 70.3 cm³/mol. The second-order valence-electron chi connectivity index (χ2n) is 4.06. The van der Waals surface area contributed by atoms with Crippen LogP contribution in [0, 0.1) is 6.92 Å². The second-order valence-corrected chi connectivity index (χ2v) is 4.06. The van der Waals surface area contributed by atoms with Gasteiger partial charge in [-0.15, -0.1) is 0 Å². The van der Waals surface area contributed by atoms with E-state index in [0.29, 0.717) is 5.56 Å². The summed E-state index contributed by atoms with van der Waals surface area (Å²) in [6, 6.07) is 9.74. The van der Waals surface area contributed by atoms with Gasteiger partial charge in [0.2, 0.25) is 0 Å². The number of carboxylic acids is 1. The molecule has 96 valence electrons. The molecule has 2 rings (SSSR count). The number of pyridine rings is 1. The van der Waals surface area contributed by atoms with Crippen molar-refractivity contribution >= 4 is 17.7 Å². The molecule has 5 heteroatoms. The molecule has 0 radical (unpaired) electrons. The van der Waals surface area contributed by atoms with Crippen LogP contribution < -0.4 is 5.32 Å². The third kappa shape index (κ3) is 3.16. The van der Waals surface area contributed by atoms with Crippen molar-refractivity contribution in [3.05, 3.63) is 59.3 Å². The minimum absolute atomic E-state index is 0.0780. The van der Waals surface area contributed by atoms with Crippen LogP contribution in [0.5, 0.6) is 0 Å². The number of aryl methyl sites for hydroxylation is 1. The predicted octanol–water partition coefficient (Wildman–Crippen LogP) is 2.34. The molecule has 1 aromatic heterocycles. The number of rotatable bonds is 3. The zero-order valence-corrected chi connectivity index (χ0v) is 10.3. The maximum absolute atomic E-state index is 11.9. The number of nitrogens with one attached hydrogen (secondary N) is 1. The van der Waals surface area contributed by atoms with Crippen LogP contribution in [-0.4, -0.2) is 22.0 Å². The summed E-state index contributed by atoms with van der Waals surface area (Å²) in [5.74, 6) is -1.17. The maximum Gasteiger partial charge on any atom is 0.335 e. The molecular formula is C14H12N2O3. The molecule has 1 heterocycles. The molecule has 0 spiro atoms. The fourth-order valence-electron chi connectivity index (χ4n) is 1.53. The minimum Gasteiger partial charge on any atom is -0.478 e. The summed E-state index contributed by atoms with van der Waals surface area (Å²) in [7, 11) is 0. The summed E-state index contributed by atoms with van der Waals surface area (Å²) in [4.78, 5) is 26.6. The van der Waals surface area contributed by atoms with Gasteiger partial charge >= 0.3 is 5.97 Å². The Hall–Kier alpha value is -2.69. The van der Waals surface area contributed by atoms with Crippen LogP contribution in [0.3, 0.4) is 0 Å². The Morgan fingerprint density at radius 2 is 1.79 bits per heavy atom. The van der Waals surface area contributed by atoms with Gasteiger partial charge in [0.15, 0.2) is 0 Å². The van der Waals surface area contributed by atoms with Gasteiger partial charge in [0.05, 0.1) is 5.56 Å². The van der Waals surface area contributed by atoms with E-state index in [1.165, 1.54) is 18.3 Å². The van der Waals surface area contributed by atoms with E-state index in [1.54, 1.807) is 12.1 Å². The smallest absolute Gasteiger partial charge is 0.335 e. The first-order chi connectivity index (χ1) is 9.06. The van der Waals surface area contributed by atoms with E-state index in [4.69, 9.17) is 5.11 Å². The molecule has 1 aromatic carbocycles. The Morgan fingerprint density at radius 3 is 2.42 bits per heavy atom. The Morgan fingerprint density at radius 1 is 1.11 bits per heavy atom. The van der Waals surface area contributed by atoms with Gasteiger partial charge in [0.25, 0.3) is 5.91 Å². The van der Waals surface area contributed by atoms with E-state index in [2.05, 4.69) is 10.3 Å². The molecule has 0 aliphatic carbocycles. The van der Waals surface area contributed by atoms with Crippen LogP contribution in [0.4, 0.5) is 5.82 Å². The number of hydrogen-bond donors (Lipinski definition) is 2. The lowest BCUT2D eigenvalue weighted by Crippen LogP contribution is -2.13. The number of nitrogens with zero attached hydrogens (tertiary/aromatic N) is 1. The maximum atomic E-state index is 11.9. The van der Waals surface area contributed by atoms with Crippen LogP contribution in [0.25, 0.3) is 0 Å². The quantitative estimate of drug-likeness (QED) is 0.883. The number of carbonyl (C=O) groups excluding carboxylic acids is 1. The van der Waals surface area contributed by atoms with E-state index in [-0.39, 0.29) is 17.3 Å². The lowest BCUT2D eigenvalue weighted by molar-refractivity contribution is 0.0696. The number of carbonyl (C=O) groups is 2. The fraction of sp³-hybridized carbons (Fsp3) is 0.0714. The number of aromatic nitrogens is 1. The summed E-state index contributed by atoms with van der Waals surface area (Å²) in [5.41, 5.74) is 1.63. The van der Waals surface area contributed by atoms with E-state index in [1.807, 2.05) is 19.1 Å². The molecule has 5 nitrogen and oxygen atoms in total. The number of anilines is 1. The molecule has 0 fully saturated rings. The van der Waals surface area contributed by atoms with Gasteiger partial charge in [0.1, 0.15) is 5.82 Å². The molecule has 0 aliphatic heterocycles. The van der Waals surface area contributed by atoms with Crippen LogP contribution >= 0.6 is 0 Å². The first kappa shape index (κ1) is 12.8. The molecule has 1 amide bonds. The number of carboxylic acid groups (broad SMARTS) is 1. The third-order valence-electron chi connectivity index (χ3n) is 2.56. The minimum atomic E-state index is -1.06. The Balaban J connectivity index is 2.17. The van der Waals surface area contributed by atoms with Gasteiger partial charge in [0, 0.05) is 11.8 Å². The van der Waals surface area contributed by atoms with Gasteiger partial charge in [-0.1, -0.05) is 17.7 Å². The second kappa shape index (κ2) is 5.30. The Kier molecular flexibility index (Phi) is 3.56. The van der Waals surface area contributed by atoms with E-state index >= 15 is 0 Å². The first-order valence-corrected chi connectivity index (χ1v) is 5.63. The molecule has 0 saturated carbocycles. The third-order valence-corrected chi connectivity index (χ3v) is 2.56. The molecule has 19 heavy (non-hydrogen) atoms. The topological polar surface area (TPSA) is 79.3 Å². The molecular weight excluding hydrogens is 244 g/mol. The Bertz CT molecular complexity index is 621. The summed E-state index contributed by atoms with van der Waals surface area (Å²) in [6.07, 6.45) is 1.34. The SMILES string of the molecule is Cc1ccc(C(=O)Nc2cc(C(=O)O)ccn2)cc1. The molecule has 0 saturated heterocycles. The highest BCUT2D eigenvalue weighted by Crippen LogP contribution is 2.10. The van der Waals surface area contributed by atoms with Crippen molar-refractivity contribution in [3.8, 4) is 0 Å². The summed E-state index contributed by atoms with van der Waals surface area (Å²) < 4.78 is 0. The molecule has 0 atom stereocenters. The van der Waals surface area contributed by atoms with Crippen LogP contribution in [0.2, 0.25) is 0 Å². The highest BCUT2D eigenvalue weighted by atomic mass is 16.4. The van der Waals surface area contributed by atoms with E-state index in [0.717, 1.165) is 5.56 Å². The van der Waals surface area contributed by atoms with Crippen molar-refractivity contribution < 1.29 is 14.7 Å². The average Bonchev–Trinajstić information content (AvgIpc) is 2.39. The lowest BCUT2D eigenvalue weighted by atomic mass is 10.1. The van der Waals surface area contributed by atoms with Gasteiger partial charge < -0.3 is 10.4 Å². The van der Waals surface area contributed by atoms with Crippen molar-refractivity contribution in [2.24, 2.45) is 0 Å². The fourth-order valence-corrected chi connectivity index (χ4v) is 1.53. The average molecular weight is 256 g/mol. The van der Waals surface area contributed by atoms with Gasteiger partial charge in [-0.25, -0.2) is 9.78 Å². The zero-order chi connectivity index (χ0) is 13.8. The van der Waals surface area contributed by atoms with E-state index in [9.17, 15) is 9.59 Å². The summed E-state index contributed by atoms with van der Waals surface area (Å²) in [5, 5.41) is 11.4. The van der Waals surface area contributed by atoms with Crippen molar-refractivity contribution in [3.63, 3.8) is 0 Å². The van der Waals surface area contributed by atoms with E-state index < -0.39 is 5.97 Å². The zero-order valence-electron chi connectivity index (χ0n) is 10.3. The highest BCUT2D eigenvalue weighted by Gasteiger charge is 2.08. The van der Waals surface area contributed by atoms with Gasteiger partial charge in [-0.3, -0.25) is 4.79 Å². The van der Waals surface area contributed by atoms with Crippen LogP contribution in [-0.2, 0) is 0 Å².